The fraction of sp³-hybridized carbons (Fsp3) is 0.174. The van der Waals surface area contributed by atoms with Crippen LogP contribution in [0.1, 0.15) is 17.2 Å². The van der Waals surface area contributed by atoms with Crippen LogP contribution in [0.25, 0.3) is 11.1 Å². The van der Waals surface area contributed by atoms with Gasteiger partial charge in [-0.1, -0.05) is 84.9 Å². The molecule has 130 valence electrons. The first-order chi connectivity index (χ1) is 12.9. The molecule has 2 atom stereocenters. The average Bonchev–Trinajstić information content (AvgIpc) is 3.24. The molecule has 3 heteroatoms. The highest BCUT2D eigenvalue weighted by molar-refractivity contribution is 5.63. The number of aliphatic imine (C=N–C) groups is 1. The van der Waals surface area contributed by atoms with E-state index in [0.29, 0.717) is 6.61 Å². The first-order valence-electron chi connectivity index (χ1n) is 8.96. The predicted octanol–water partition coefficient (Wildman–Crippen LogP) is 4.46. The van der Waals surface area contributed by atoms with Crippen LogP contribution in [0.5, 0.6) is 0 Å². The fourth-order valence-electron chi connectivity index (χ4n) is 3.20. The van der Waals surface area contributed by atoms with Crippen LogP contribution in [0.2, 0.25) is 0 Å². The van der Waals surface area contributed by atoms with Crippen molar-refractivity contribution >= 4 is 6.34 Å². The Labute approximate surface area is 154 Å². The molecular weight excluding hydrogens is 320 g/mol. The molecule has 0 bridgehead atoms. The maximum atomic E-state index is 6.30. The summed E-state index contributed by atoms with van der Waals surface area (Å²) >= 11 is 0. The van der Waals surface area contributed by atoms with Crippen LogP contribution in [0.15, 0.2) is 89.9 Å². The number of ether oxygens (including phenoxy) is 1. The Morgan fingerprint density at radius 3 is 2.08 bits per heavy atom. The van der Waals surface area contributed by atoms with Gasteiger partial charge in [0.25, 0.3) is 0 Å². The van der Waals surface area contributed by atoms with E-state index in [9.17, 15) is 0 Å². The van der Waals surface area contributed by atoms with E-state index in [0.717, 1.165) is 12.1 Å². The van der Waals surface area contributed by atoms with Crippen LogP contribution in [-0.4, -0.2) is 25.5 Å². The van der Waals surface area contributed by atoms with Crippen molar-refractivity contribution in [2.75, 3.05) is 13.2 Å². The number of hydrogen-bond acceptors (Lipinski definition) is 3. The molecule has 26 heavy (non-hydrogen) atoms. The van der Waals surface area contributed by atoms with Gasteiger partial charge in [0.05, 0.1) is 25.5 Å². The first-order valence-corrected chi connectivity index (χ1v) is 8.96. The lowest BCUT2D eigenvalue weighted by Gasteiger charge is -2.21. The summed E-state index contributed by atoms with van der Waals surface area (Å²) in [6, 6.07) is 29.7. The Hall–Kier alpha value is -2.91. The topological polar surface area (TPSA) is 33.6 Å². The van der Waals surface area contributed by atoms with Crippen LogP contribution in [-0.2, 0) is 4.74 Å². The SMILES string of the molecule is C1=NCC(COC(c2ccccc2)c2ccc(-c3ccccc3)cc2)N1. The molecule has 4 rings (SSSR count). The monoisotopic (exact) mass is 342 g/mol. The van der Waals surface area contributed by atoms with Crippen LogP contribution >= 0.6 is 0 Å². The van der Waals surface area contributed by atoms with Gasteiger partial charge in [-0.2, -0.15) is 0 Å². The molecule has 1 aliphatic rings. The van der Waals surface area contributed by atoms with Crippen molar-refractivity contribution in [2.24, 2.45) is 4.99 Å². The third kappa shape index (κ3) is 3.84. The summed E-state index contributed by atoms with van der Waals surface area (Å²) in [5.41, 5.74) is 4.77. The van der Waals surface area contributed by atoms with E-state index in [1.54, 1.807) is 6.34 Å². The molecule has 1 N–H and O–H groups in total. The Morgan fingerprint density at radius 2 is 1.42 bits per heavy atom. The summed E-state index contributed by atoms with van der Waals surface area (Å²) in [6.45, 7) is 1.40. The van der Waals surface area contributed by atoms with Crippen molar-refractivity contribution in [1.82, 2.24) is 5.32 Å². The zero-order chi connectivity index (χ0) is 17.6. The third-order valence-corrected chi connectivity index (χ3v) is 4.61. The number of rotatable bonds is 6. The molecule has 0 fully saturated rings. The molecule has 0 saturated heterocycles. The van der Waals surface area contributed by atoms with Gasteiger partial charge in [-0.15, -0.1) is 0 Å². The quantitative estimate of drug-likeness (QED) is 0.717. The molecule has 1 heterocycles. The van der Waals surface area contributed by atoms with Gasteiger partial charge in [-0.3, -0.25) is 4.99 Å². The fourth-order valence-corrected chi connectivity index (χ4v) is 3.20. The molecule has 3 nitrogen and oxygen atoms in total. The lowest BCUT2D eigenvalue weighted by molar-refractivity contribution is 0.0690. The molecule has 2 unspecified atom stereocenters. The maximum Gasteiger partial charge on any atom is 0.108 e. The minimum Gasteiger partial charge on any atom is -0.370 e. The van der Waals surface area contributed by atoms with E-state index in [2.05, 4.69) is 83.1 Å². The van der Waals surface area contributed by atoms with E-state index in [1.807, 2.05) is 12.1 Å². The smallest absolute Gasteiger partial charge is 0.108 e. The lowest BCUT2D eigenvalue weighted by Crippen LogP contribution is -2.30. The van der Waals surface area contributed by atoms with E-state index in [4.69, 9.17) is 4.74 Å². The highest BCUT2D eigenvalue weighted by Crippen LogP contribution is 2.28. The van der Waals surface area contributed by atoms with Crippen molar-refractivity contribution in [2.45, 2.75) is 12.1 Å². The third-order valence-electron chi connectivity index (χ3n) is 4.61. The van der Waals surface area contributed by atoms with Gasteiger partial charge in [0, 0.05) is 0 Å². The summed E-state index contributed by atoms with van der Waals surface area (Å²) in [5.74, 6) is 0. The molecule has 3 aromatic carbocycles. The summed E-state index contributed by atoms with van der Waals surface area (Å²) in [5, 5.41) is 3.23. The van der Waals surface area contributed by atoms with E-state index in [1.165, 1.54) is 16.7 Å². The number of hydrogen-bond donors (Lipinski definition) is 1. The lowest BCUT2D eigenvalue weighted by atomic mass is 9.98. The maximum absolute atomic E-state index is 6.30. The van der Waals surface area contributed by atoms with Crippen LogP contribution in [0.3, 0.4) is 0 Å². The number of benzene rings is 3. The Balaban J connectivity index is 1.56. The van der Waals surface area contributed by atoms with Crippen LogP contribution in [0, 0.1) is 0 Å². The van der Waals surface area contributed by atoms with Crippen molar-refractivity contribution in [3.63, 3.8) is 0 Å². The predicted molar refractivity (Wildman–Crippen MR) is 106 cm³/mol. The van der Waals surface area contributed by atoms with Crippen molar-refractivity contribution < 1.29 is 4.74 Å². The molecule has 0 radical (unpaired) electrons. The Morgan fingerprint density at radius 1 is 0.808 bits per heavy atom. The second-order valence-electron chi connectivity index (χ2n) is 6.47. The first kappa shape index (κ1) is 16.6. The van der Waals surface area contributed by atoms with Gasteiger partial charge in [0.1, 0.15) is 6.10 Å². The Kier molecular flexibility index (Phi) is 5.08. The minimum absolute atomic E-state index is 0.0802. The normalized spacial score (nSPS) is 17.0. The minimum atomic E-state index is -0.0802. The van der Waals surface area contributed by atoms with Gasteiger partial charge in [-0.05, 0) is 22.3 Å². The molecule has 0 aliphatic carbocycles. The van der Waals surface area contributed by atoms with Gasteiger partial charge in [0.15, 0.2) is 0 Å². The zero-order valence-electron chi connectivity index (χ0n) is 14.6. The van der Waals surface area contributed by atoms with Gasteiger partial charge >= 0.3 is 0 Å². The zero-order valence-corrected chi connectivity index (χ0v) is 14.6. The summed E-state index contributed by atoms with van der Waals surface area (Å²) < 4.78 is 6.30. The molecule has 0 aromatic heterocycles. The number of nitrogens with zero attached hydrogens (tertiary/aromatic N) is 1. The largest absolute Gasteiger partial charge is 0.370 e. The highest BCUT2D eigenvalue weighted by Gasteiger charge is 2.18. The van der Waals surface area contributed by atoms with Crippen LogP contribution in [0.4, 0.5) is 0 Å². The van der Waals surface area contributed by atoms with E-state index >= 15 is 0 Å². The van der Waals surface area contributed by atoms with Gasteiger partial charge < -0.3 is 10.1 Å². The van der Waals surface area contributed by atoms with Crippen molar-refractivity contribution in [1.29, 1.82) is 0 Å². The molecule has 3 aromatic rings. The van der Waals surface area contributed by atoms with E-state index < -0.39 is 0 Å². The van der Waals surface area contributed by atoms with E-state index in [-0.39, 0.29) is 12.1 Å². The molecule has 0 saturated carbocycles. The average molecular weight is 342 g/mol. The van der Waals surface area contributed by atoms with Gasteiger partial charge in [-0.25, -0.2) is 0 Å². The highest BCUT2D eigenvalue weighted by atomic mass is 16.5. The summed E-state index contributed by atoms with van der Waals surface area (Å²) in [4.78, 5) is 4.22. The second-order valence-corrected chi connectivity index (χ2v) is 6.47. The van der Waals surface area contributed by atoms with Crippen LogP contribution < -0.4 is 5.32 Å². The molecular formula is C23H22N2O. The number of nitrogens with one attached hydrogen (secondary N) is 1. The van der Waals surface area contributed by atoms with Crippen molar-refractivity contribution in [3.05, 3.63) is 96.1 Å². The molecule has 0 amide bonds. The molecule has 1 aliphatic heterocycles. The summed E-state index contributed by atoms with van der Waals surface area (Å²) in [6.07, 6.45) is 1.68. The second kappa shape index (κ2) is 7.98. The van der Waals surface area contributed by atoms with Crippen molar-refractivity contribution in [3.8, 4) is 11.1 Å². The van der Waals surface area contributed by atoms with Gasteiger partial charge in [0.2, 0.25) is 0 Å². The standard InChI is InChI=1S/C23H22N2O/c1-3-7-18(8-4-1)19-11-13-21(14-12-19)23(20-9-5-2-6-10-20)26-16-22-15-24-17-25-22/h1-14,17,22-23H,15-16H2,(H,24,25). The Bertz CT molecular complexity index is 836. The summed E-state index contributed by atoms with van der Waals surface area (Å²) in [7, 11) is 0. The molecule has 0 spiro atoms.